The molecule has 9 nitrogen and oxygen atoms in total. The van der Waals surface area contributed by atoms with Crippen LogP contribution in [0.4, 0.5) is 23.4 Å². The SMILES string of the molecule is Nc1ncnc2c1c(-c1ccc(Oc3ccccc3)cc1)nn2C1CCCN(S(=O)(=O)c2cc(F)c(F)c(F)c2F)C1. The summed E-state index contributed by atoms with van der Waals surface area (Å²) in [6, 6.07) is 15.9. The highest BCUT2D eigenvalue weighted by Crippen LogP contribution is 2.36. The monoisotopic (exact) mass is 598 g/mol. The van der Waals surface area contributed by atoms with Gasteiger partial charge in [0.15, 0.2) is 28.9 Å². The average molecular weight is 599 g/mol. The molecule has 0 amide bonds. The van der Waals surface area contributed by atoms with Gasteiger partial charge in [-0.05, 0) is 49.2 Å². The van der Waals surface area contributed by atoms with Crippen molar-refractivity contribution in [3.05, 3.63) is 90.3 Å². The Morgan fingerprint density at radius 1 is 0.905 bits per heavy atom. The molecule has 6 rings (SSSR count). The van der Waals surface area contributed by atoms with Gasteiger partial charge in [0.25, 0.3) is 0 Å². The molecule has 1 aliphatic rings. The molecule has 1 atom stereocenters. The van der Waals surface area contributed by atoms with E-state index in [-0.39, 0.29) is 25.0 Å². The minimum absolute atomic E-state index is 0.0506. The lowest BCUT2D eigenvalue weighted by Gasteiger charge is -2.32. The van der Waals surface area contributed by atoms with Crippen molar-refractivity contribution in [1.82, 2.24) is 24.1 Å². The van der Waals surface area contributed by atoms with Crippen LogP contribution in [0.15, 0.2) is 71.9 Å². The minimum atomic E-state index is -4.73. The molecule has 2 aromatic heterocycles. The molecule has 1 fully saturated rings. The molecule has 1 unspecified atom stereocenters. The van der Waals surface area contributed by atoms with E-state index in [1.54, 1.807) is 24.3 Å². The minimum Gasteiger partial charge on any atom is -0.457 e. The topological polar surface area (TPSA) is 116 Å². The van der Waals surface area contributed by atoms with Gasteiger partial charge >= 0.3 is 0 Å². The van der Waals surface area contributed by atoms with Gasteiger partial charge in [0, 0.05) is 24.7 Å². The Labute approximate surface area is 237 Å². The molecule has 2 N–H and O–H groups in total. The van der Waals surface area contributed by atoms with Crippen molar-refractivity contribution in [3.63, 3.8) is 0 Å². The third-order valence-corrected chi connectivity index (χ3v) is 8.88. The summed E-state index contributed by atoms with van der Waals surface area (Å²) in [7, 11) is -4.73. The summed E-state index contributed by atoms with van der Waals surface area (Å²) < 4.78 is 90.5. The average Bonchev–Trinajstić information content (AvgIpc) is 3.40. The van der Waals surface area contributed by atoms with Gasteiger partial charge in [-0.25, -0.2) is 40.6 Å². The molecule has 5 aromatic rings. The second-order valence-corrected chi connectivity index (χ2v) is 11.6. The van der Waals surface area contributed by atoms with Crippen LogP contribution in [-0.4, -0.2) is 45.6 Å². The van der Waals surface area contributed by atoms with Crippen molar-refractivity contribution < 1.29 is 30.7 Å². The van der Waals surface area contributed by atoms with Crippen molar-refractivity contribution in [1.29, 1.82) is 0 Å². The van der Waals surface area contributed by atoms with Crippen LogP contribution in [0.1, 0.15) is 18.9 Å². The van der Waals surface area contributed by atoms with Crippen LogP contribution in [0.25, 0.3) is 22.3 Å². The molecular formula is C28H22F4N6O3S. The molecule has 216 valence electrons. The number of sulfonamides is 1. The van der Waals surface area contributed by atoms with E-state index < -0.39 is 44.2 Å². The van der Waals surface area contributed by atoms with Crippen molar-refractivity contribution in [2.75, 3.05) is 18.8 Å². The fraction of sp³-hybridized carbons (Fsp3) is 0.179. The van der Waals surface area contributed by atoms with E-state index >= 15 is 0 Å². The molecule has 0 spiro atoms. The number of halogens is 4. The Bertz CT molecular complexity index is 1900. The number of nitrogens with zero attached hydrogens (tertiary/aromatic N) is 5. The van der Waals surface area contributed by atoms with Gasteiger partial charge in [-0.2, -0.15) is 9.40 Å². The molecule has 3 aromatic carbocycles. The van der Waals surface area contributed by atoms with Crippen LogP contribution >= 0.6 is 0 Å². The lowest BCUT2D eigenvalue weighted by molar-refractivity contribution is 0.256. The maximum absolute atomic E-state index is 14.5. The van der Waals surface area contributed by atoms with E-state index in [9.17, 15) is 26.0 Å². The Morgan fingerprint density at radius 3 is 2.36 bits per heavy atom. The van der Waals surface area contributed by atoms with Crippen LogP contribution in [0.2, 0.25) is 0 Å². The van der Waals surface area contributed by atoms with Gasteiger partial charge in [0.05, 0.1) is 11.4 Å². The molecular weight excluding hydrogens is 576 g/mol. The van der Waals surface area contributed by atoms with E-state index in [0.29, 0.717) is 46.6 Å². The Kier molecular flexibility index (Phi) is 7.02. The second-order valence-electron chi connectivity index (χ2n) is 9.65. The Hall–Kier alpha value is -4.56. The third kappa shape index (κ3) is 4.81. The summed E-state index contributed by atoms with van der Waals surface area (Å²) in [5, 5.41) is 5.18. The summed E-state index contributed by atoms with van der Waals surface area (Å²) in [5.74, 6) is -6.66. The lowest BCUT2D eigenvalue weighted by Crippen LogP contribution is -2.41. The first-order valence-corrected chi connectivity index (χ1v) is 14.2. The molecule has 1 aliphatic heterocycles. The first-order chi connectivity index (χ1) is 20.1. The molecule has 0 radical (unpaired) electrons. The second kappa shape index (κ2) is 10.7. The fourth-order valence-electron chi connectivity index (χ4n) is 4.97. The van der Waals surface area contributed by atoms with Gasteiger partial charge in [0.2, 0.25) is 10.0 Å². The number of nitrogens with two attached hydrogens (primary N) is 1. The molecule has 42 heavy (non-hydrogen) atoms. The van der Waals surface area contributed by atoms with E-state index in [2.05, 4.69) is 9.97 Å². The largest absolute Gasteiger partial charge is 0.457 e. The van der Waals surface area contributed by atoms with E-state index in [1.165, 1.54) is 11.0 Å². The van der Waals surface area contributed by atoms with Crippen LogP contribution in [-0.2, 0) is 10.0 Å². The molecule has 0 aliphatic carbocycles. The molecule has 0 bridgehead atoms. The van der Waals surface area contributed by atoms with E-state index in [0.717, 1.165) is 4.31 Å². The number of benzene rings is 3. The zero-order valence-corrected chi connectivity index (χ0v) is 22.5. The Balaban J connectivity index is 1.34. The first-order valence-electron chi connectivity index (χ1n) is 12.8. The van der Waals surface area contributed by atoms with Crippen LogP contribution in [0.5, 0.6) is 11.5 Å². The van der Waals surface area contributed by atoms with Crippen molar-refractivity contribution in [2.24, 2.45) is 0 Å². The van der Waals surface area contributed by atoms with Crippen LogP contribution in [0.3, 0.4) is 0 Å². The van der Waals surface area contributed by atoms with Gasteiger partial charge < -0.3 is 10.5 Å². The normalized spacial score (nSPS) is 16.1. The van der Waals surface area contributed by atoms with Crippen LogP contribution < -0.4 is 10.5 Å². The summed E-state index contributed by atoms with van der Waals surface area (Å²) >= 11 is 0. The van der Waals surface area contributed by atoms with Gasteiger partial charge in [0.1, 0.15) is 34.2 Å². The highest BCUT2D eigenvalue weighted by atomic mass is 32.2. The number of hydrogen-bond acceptors (Lipinski definition) is 7. The van der Waals surface area contributed by atoms with Gasteiger partial charge in [-0.15, -0.1) is 0 Å². The molecule has 14 heteroatoms. The highest BCUT2D eigenvalue weighted by molar-refractivity contribution is 7.89. The maximum Gasteiger partial charge on any atom is 0.246 e. The summed E-state index contributed by atoms with van der Waals surface area (Å²) in [6.07, 6.45) is 2.04. The zero-order chi connectivity index (χ0) is 29.6. The lowest BCUT2D eigenvalue weighted by atomic mass is 10.1. The number of rotatable bonds is 6. The fourth-order valence-corrected chi connectivity index (χ4v) is 6.56. The summed E-state index contributed by atoms with van der Waals surface area (Å²) in [4.78, 5) is 7.15. The quantitative estimate of drug-likeness (QED) is 0.157. The van der Waals surface area contributed by atoms with Crippen molar-refractivity contribution >= 4 is 26.9 Å². The predicted molar refractivity (Wildman–Crippen MR) is 145 cm³/mol. The summed E-state index contributed by atoms with van der Waals surface area (Å²) in [5.41, 5.74) is 7.68. The van der Waals surface area contributed by atoms with Crippen molar-refractivity contribution in [3.8, 4) is 22.8 Å². The molecule has 3 heterocycles. The summed E-state index contributed by atoms with van der Waals surface area (Å²) in [6.45, 7) is -0.267. The predicted octanol–water partition coefficient (Wildman–Crippen LogP) is 5.45. The molecule has 0 saturated carbocycles. The maximum atomic E-state index is 14.5. The Morgan fingerprint density at radius 2 is 1.62 bits per heavy atom. The number of para-hydroxylation sites is 1. The van der Waals surface area contributed by atoms with E-state index in [1.807, 2.05) is 30.3 Å². The highest BCUT2D eigenvalue weighted by Gasteiger charge is 2.36. The molecule has 1 saturated heterocycles. The standard InChI is InChI=1S/C28H22F4N6O3S/c29-20-13-21(24(31)25(32)23(20)30)42(39,40)37-12-4-5-17(14-37)38-28-22(27(33)34-15-35-28)26(36-38)16-8-10-19(11-9-16)41-18-6-2-1-3-7-18/h1-3,6-11,13,15,17H,4-5,12,14H2,(H2,33,34,35). The number of nitrogen functional groups attached to an aromatic ring is 1. The number of piperidine rings is 1. The van der Waals surface area contributed by atoms with Gasteiger partial charge in [-0.1, -0.05) is 18.2 Å². The third-order valence-electron chi connectivity index (χ3n) is 7.02. The number of ether oxygens (including phenoxy) is 1. The zero-order valence-electron chi connectivity index (χ0n) is 21.7. The smallest absolute Gasteiger partial charge is 0.246 e. The number of hydrogen-bond donors (Lipinski definition) is 1. The number of aromatic nitrogens is 4. The number of anilines is 1. The van der Waals surface area contributed by atoms with Crippen LogP contribution in [0, 0.1) is 23.3 Å². The van der Waals surface area contributed by atoms with Gasteiger partial charge in [-0.3, -0.25) is 0 Å². The van der Waals surface area contributed by atoms with E-state index in [4.69, 9.17) is 15.6 Å². The first kappa shape index (κ1) is 27.6. The van der Waals surface area contributed by atoms with Crippen molar-refractivity contribution in [2.45, 2.75) is 23.8 Å². The number of fused-ring (bicyclic) bond motifs is 1.